The molecule has 1 N–H and O–H groups in total. The van der Waals surface area contributed by atoms with Gasteiger partial charge in [0, 0.05) is 16.7 Å². The van der Waals surface area contributed by atoms with E-state index in [9.17, 15) is 10.1 Å². The molecule has 4 aromatic rings. The van der Waals surface area contributed by atoms with Gasteiger partial charge in [0.25, 0.3) is 5.56 Å². The van der Waals surface area contributed by atoms with Crippen molar-refractivity contribution in [2.24, 2.45) is 0 Å². The van der Waals surface area contributed by atoms with Crippen LogP contribution in [0.4, 0.5) is 0 Å². The van der Waals surface area contributed by atoms with Crippen molar-refractivity contribution in [2.45, 2.75) is 0 Å². The van der Waals surface area contributed by atoms with Crippen LogP contribution in [0.1, 0.15) is 11.6 Å². The Morgan fingerprint density at radius 1 is 1.11 bits per heavy atom. The quantitative estimate of drug-likeness (QED) is 0.518. The lowest BCUT2D eigenvalue weighted by Crippen LogP contribution is -2.11. The van der Waals surface area contributed by atoms with Gasteiger partial charge in [0.1, 0.15) is 17.6 Å². The monoisotopic (exact) mass is 373 g/mol. The van der Waals surface area contributed by atoms with Gasteiger partial charge < -0.3 is 9.40 Å². The number of H-pyrrole nitrogens is 1. The number of aromatic nitrogens is 2. The molecule has 0 saturated heterocycles. The lowest BCUT2D eigenvalue weighted by molar-refractivity contribution is 0.572. The average Bonchev–Trinajstić information content (AvgIpc) is 3.15. The second-order valence-electron chi connectivity index (χ2n) is 5.81. The van der Waals surface area contributed by atoms with Crippen molar-refractivity contribution >= 4 is 34.2 Å². The lowest BCUT2D eigenvalue weighted by Gasteiger charge is -2.01. The molecule has 27 heavy (non-hydrogen) atoms. The first kappa shape index (κ1) is 16.8. The van der Waals surface area contributed by atoms with Gasteiger partial charge in [-0.05, 0) is 48.5 Å². The molecule has 0 unspecified atom stereocenters. The van der Waals surface area contributed by atoms with Gasteiger partial charge in [0.15, 0.2) is 5.82 Å². The molecule has 0 atom stereocenters. The summed E-state index contributed by atoms with van der Waals surface area (Å²) in [6, 6.07) is 19.8. The molecule has 0 aliphatic carbocycles. The molecule has 2 aromatic carbocycles. The zero-order chi connectivity index (χ0) is 18.8. The standard InChI is InChI=1S/C21H12ClN3O2/c22-15-7-5-13(6-8-15)19-10-9-16(27-19)11-14(12-23)20-24-18-4-2-1-3-17(18)21(26)25-20/h1-11H,(H,24,25,26). The number of nitriles is 1. The van der Waals surface area contributed by atoms with Gasteiger partial charge in [-0.25, -0.2) is 4.98 Å². The largest absolute Gasteiger partial charge is 0.457 e. The number of allylic oxidation sites excluding steroid dienone is 1. The maximum absolute atomic E-state index is 12.2. The molecular formula is C21H12ClN3O2. The van der Waals surface area contributed by atoms with Crippen LogP contribution in [0.15, 0.2) is 69.9 Å². The van der Waals surface area contributed by atoms with Crippen LogP contribution >= 0.6 is 11.6 Å². The predicted molar refractivity (Wildman–Crippen MR) is 105 cm³/mol. The Morgan fingerprint density at radius 3 is 2.67 bits per heavy atom. The van der Waals surface area contributed by atoms with Crippen molar-refractivity contribution in [2.75, 3.05) is 0 Å². The van der Waals surface area contributed by atoms with Crippen LogP contribution in [0.5, 0.6) is 0 Å². The van der Waals surface area contributed by atoms with E-state index in [1.165, 1.54) is 0 Å². The minimum atomic E-state index is -0.293. The average molecular weight is 374 g/mol. The topological polar surface area (TPSA) is 82.7 Å². The number of hydrogen-bond acceptors (Lipinski definition) is 4. The molecule has 0 spiro atoms. The van der Waals surface area contributed by atoms with Gasteiger partial charge in [-0.2, -0.15) is 5.26 Å². The number of fused-ring (bicyclic) bond motifs is 1. The Morgan fingerprint density at radius 2 is 1.89 bits per heavy atom. The molecule has 0 saturated carbocycles. The van der Waals surface area contributed by atoms with Crippen molar-refractivity contribution in [1.29, 1.82) is 5.26 Å². The van der Waals surface area contributed by atoms with Gasteiger partial charge in [-0.1, -0.05) is 23.7 Å². The number of hydrogen-bond donors (Lipinski definition) is 1. The van der Waals surface area contributed by atoms with Gasteiger partial charge in [0.2, 0.25) is 0 Å². The molecule has 0 bridgehead atoms. The van der Waals surface area contributed by atoms with Crippen LogP contribution in [0.2, 0.25) is 5.02 Å². The lowest BCUT2D eigenvalue weighted by atomic mass is 10.2. The third kappa shape index (κ3) is 3.39. The second kappa shape index (κ2) is 6.94. The van der Waals surface area contributed by atoms with E-state index in [4.69, 9.17) is 16.0 Å². The summed E-state index contributed by atoms with van der Waals surface area (Å²) in [4.78, 5) is 19.3. The number of nitrogens with zero attached hydrogens (tertiary/aromatic N) is 2. The van der Waals surface area contributed by atoms with E-state index >= 15 is 0 Å². The van der Waals surface area contributed by atoms with Crippen LogP contribution < -0.4 is 5.56 Å². The van der Waals surface area contributed by atoms with Crippen LogP contribution in [0, 0.1) is 11.3 Å². The molecule has 2 aromatic heterocycles. The number of furan rings is 1. The van der Waals surface area contributed by atoms with Crippen LogP contribution in [-0.4, -0.2) is 9.97 Å². The fourth-order valence-corrected chi connectivity index (χ4v) is 2.84. The van der Waals surface area contributed by atoms with E-state index in [2.05, 4.69) is 16.0 Å². The summed E-state index contributed by atoms with van der Waals surface area (Å²) < 4.78 is 5.79. The summed E-state index contributed by atoms with van der Waals surface area (Å²) in [6.07, 6.45) is 1.55. The molecule has 0 radical (unpaired) electrons. The third-order valence-corrected chi connectivity index (χ3v) is 4.28. The van der Waals surface area contributed by atoms with Crippen LogP contribution in [-0.2, 0) is 0 Å². The molecular weight excluding hydrogens is 362 g/mol. The molecule has 6 heteroatoms. The summed E-state index contributed by atoms with van der Waals surface area (Å²) in [5.41, 5.74) is 1.31. The van der Waals surface area contributed by atoms with Gasteiger partial charge in [0.05, 0.1) is 16.5 Å². The number of rotatable bonds is 3. The Bertz CT molecular complexity index is 1260. The molecule has 130 valence electrons. The third-order valence-electron chi connectivity index (χ3n) is 4.03. The normalized spacial score (nSPS) is 11.5. The number of para-hydroxylation sites is 1. The molecule has 0 amide bonds. The van der Waals surface area contributed by atoms with E-state index < -0.39 is 0 Å². The molecule has 2 heterocycles. The number of aromatic amines is 1. The fraction of sp³-hybridized carbons (Fsp3) is 0. The first-order valence-corrected chi connectivity index (χ1v) is 8.49. The summed E-state index contributed by atoms with van der Waals surface area (Å²) in [7, 11) is 0. The summed E-state index contributed by atoms with van der Waals surface area (Å²) >= 11 is 5.90. The minimum absolute atomic E-state index is 0.200. The number of halogens is 1. The van der Waals surface area contributed by atoms with E-state index in [1.807, 2.05) is 12.1 Å². The first-order valence-electron chi connectivity index (χ1n) is 8.11. The van der Waals surface area contributed by atoms with Gasteiger partial charge in [-0.3, -0.25) is 4.79 Å². The molecule has 0 aliphatic heterocycles. The zero-order valence-corrected chi connectivity index (χ0v) is 14.7. The summed E-state index contributed by atoms with van der Waals surface area (Å²) in [5.74, 6) is 1.33. The zero-order valence-electron chi connectivity index (χ0n) is 13.9. The highest BCUT2D eigenvalue weighted by molar-refractivity contribution is 6.30. The Hall–Kier alpha value is -3.62. The maximum Gasteiger partial charge on any atom is 0.259 e. The highest BCUT2D eigenvalue weighted by atomic mass is 35.5. The van der Waals surface area contributed by atoms with E-state index in [0.717, 1.165) is 5.56 Å². The van der Waals surface area contributed by atoms with Crippen molar-refractivity contribution in [3.8, 4) is 17.4 Å². The van der Waals surface area contributed by atoms with E-state index in [-0.39, 0.29) is 17.0 Å². The van der Waals surface area contributed by atoms with Gasteiger partial charge >= 0.3 is 0 Å². The van der Waals surface area contributed by atoms with Gasteiger partial charge in [-0.15, -0.1) is 0 Å². The van der Waals surface area contributed by atoms with Crippen molar-refractivity contribution in [3.63, 3.8) is 0 Å². The second-order valence-corrected chi connectivity index (χ2v) is 6.25. The number of nitrogens with one attached hydrogen (secondary N) is 1. The highest BCUT2D eigenvalue weighted by Crippen LogP contribution is 2.25. The number of benzene rings is 2. The van der Waals surface area contributed by atoms with E-state index in [0.29, 0.717) is 27.4 Å². The van der Waals surface area contributed by atoms with Crippen molar-refractivity contribution in [3.05, 3.63) is 87.6 Å². The molecule has 5 nitrogen and oxygen atoms in total. The van der Waals surface area contributed by atoms with E-state index in [1.54, 1.807) is 54.6 Å². The van der Waals surface area contributed by atoms with Crippen LogP contribution in [0.3, 0.4) is 0 Å². The molecule has 0 fully saturated rings. The van der Waals surface area contributed by atoms with Crippen LogP contribution in [0.25, 0.3) is 33.9 Å². The SMILES string of the molecule is N#CC(=Cc1ccc(-c2ccc(Cl)cc2)o1)c1nc2ccccc2c(=O)[nH]1. The summed E-state index contributed by atoms with van der Waals surface area (Å²) in [5, 5.41) is 10.6. The Kier molecular flexibility index (Phi) is 4.33. The smallest absolute Gasteiger partial charge is 0.259 e. The predicted octanol–water partition coefficient (Wildman–Crippen LogP) is 4.90. The molecule has 0 aliphatic rings. The first-order chi connectivity index (χ1) is 13.1. The summed E-state index contributed by atoms with van der Waals surface area (Å²) in [6.45, 7) is 0. The fourth-order valence-electron chi connectivity index (χ4n) is 2.71. The highest BCUT2D eigenvalue weighted by Gasteiger charge is 2.10. The van der Waals surface area contributed by atoms with Crippen molar-refractivity contribution in [1.82, 2.24) is 9.97 Å². The Balaban J connectivity index is 1.73. The van der Waals surface area contributed by atoms with Crippen molar-refractivity contribution < 1.29 is 4.42 Å². The molecule has 4 rings (SSSR count). The minimum Gasteiger partial charge on any atom is -0.457 e. The maximum atomic E-state index is 12.2. The Labute approximate surface area is 159 Å².